The van der Waals surface area contributed by atoms with Crippen LogP contribution in [0, 0.1) is 0 Å². The van der Waals surface area contributed by atoms with Crippen molar-refractivity contribution in [1.82, 2.24) is 20.9 Å². The lowest BCUT2D eigenvalue weighted by molar-refractivity contribution is -0.120. The Morgan fingerprint density at radius 1 is 0.818 bits per heavy atom. The first-order valence-electron chi connectivity index (χ1n) is 14.8. The van der Waals surface area contributed by atoms with E-state index >= 15 is 0 Å². The van der Waals surface area contributed by atoms with Crippen molar-refractivity contribution in [2.45, 2.75) is 57.5 Å². The van der Waals surface area contributed by atoms with E-state index in [4.69, 9.17) is 5.73 Å². The van der Waals surface area contributed by atoms with Crippen molar-refractivity contribution >= 4 is 17.6 Å². The maximum atomic E-state index is 12.7. The van der Waals surface area contributed by atoms with E-state index in [1.165, 1.54) is 0 Å². The van der Waals surface area contributed by atoms with Crippen molar-refractivity contribution in [2.24, 2.45) is 0 Å². The molecule has 1 aromatic heterocycles. The molecule has 2 amide bonds. The zero-order valence-corrected chi connectivity index (χ0v) is 25.1. The Hall–Kier alpha value is -4.57. The minimum Gasteiger partial charge on any atom is -0.387 e. The third-order valence-corrected chi connectivity index (χ3v) is 7.46. The molecule has 230 valence electrons. The lowest BCUT2D eigenvalue weighted by atomic mass is 10.0. The zero-order valence-electron chi connectivity index (χ0n) is 25.1. The van der Waals surface area contributed by atoms with E-state index in [2.05, 4.69) is 27.9 Å². The van der Waals surface area contributed by atoms with Gasteiger partial charge in [0.15, 0.2) is 0 Å². The summed E-state index contributed by atoms with van der Waals surface area (Å²) in [5.41, 5.74) is 10.5. The van der Waals surface area contributed by atoms with Crippen LogP contribution in [0.5, 0.6) is 0 Å². The van der Waals surface area contributed by atoms with E-state index in [0.717, 1.165) is 28.7 Å². The van der Waals surface area contributed by atoms with E-state index < -0.39 is 18.2 Å². The normalized spacial score (nSPS) is 13.8. The molecule has 1 heterocycles. The molecular formula is C35H41N5O4. The van der Waals surface area contributed by atoms with Gasteiger partial charge in [-0.15, -0.1) is 0 Å². The number of hydrogen-bond donors (Lipinski definition) is 6. The molecule has 9 heteroatoms. The number of nitrogens with one attached hydrogen (secondary N) is 3. The number of nitrogens with two attached hydrogens (primary N) is 1. The Kier molecular flexibility index (Phi) is 11.6. The summed E-state index contributed by atoms with van der Waals surface area (Å²) >= 11 is 0. The summed E-state index contributed by atoms with van der Waals surface area (Å²) in [6, 6.07) is 27.3. The van der Waals surface area contributed by atoms with Crippen LogP contribution in [0.1, 0.15) is 64.2 Å². The predicted molar refractivity (Wildman–Crippen MR) is 172 cm³/mol. The highest BCUT2D eigenvalue weighted by Crippen LogP contribution is 2.17. The lowest BCUT2D eigenvalue weighted by Crippen LogP contribution is -2.37. The molecule has 4 aromatic rings. The standard InChI is InChI=1S/C35H41N5O4/c1-23(37-22-31(41)30-16-17-32(36)38-21-30)18-25-8-10-26(11-9-25)19-33(42)39-20-27-12-14-29(15-13-27)35(44)40-24(2)34(43)28-6-4-3-5-7-28/h3-17,21,23-24,31,34,37,41,43H,18-20,22H2,1-2H3,(H2,36,38)(H,39,42)(H,40,44)/t23?,24-,31-,34-/m0/s1. The molecule has 0 aliphatic rings. The minimum atomic E-state index is -0.809. The summed E-state index contributed by atoms with van der Waals surface area (Å²) < 4.78 is 0. The molecule has 0 aliphatic heterocycles. The highest BCUT2D eigenvalue weighted by Gasteiger charge is 2.19. The van der Waals surface area contributed by atoms with Gasteiger partial charge in [0.2, 0.25) is 5.91 Å². The second kappa shape index (κ2) is 15.8. The fourth-order valence-electron chi connectivity index (χ4n) is 4.79. The third-order valence-electron chi connectivity index (χ3n) is 7.46. The van der Waals surface area contributed by atoms with Gasteiger partial charge in [-0.1, -0.05) is 72.8 Å². The molecule has 0 saturated carbocycles. The number of carbonyl (C=O) groups excluding carboxylic acids is 2. The van der Waals surface area contributed by atoms with Crippen LogP contribution in [0.3, 0.4) is 0 Å². The second-order valence-electron chi connectivity index (χ2n) is 11.1. The number of aliphatic hydroxyl groups excluding tert-OH is 2. The van der Waals surface area contributed by atoms with E-state index in [-0.39, 0.29) is 24.3 Å². The molecule has 4 atom stereocenters. The minimum absolute atomic E-state index is 0.0931. The number of amides is 2. The number of benzene rings is 3. The van der Waals surface area contributed by atoms with E-state index in [1.54, 1.807) is 37.4 Å². The summed E-state index contributed by atoms with van der Waals surface area (Å²) in [7, 11) is 0. The quantitative estimate of drug-likeness (QED) is 0.130. The first-order valence-corrected chi connectivity index (χ1v) is 14.8. The van der Waals surface area contributed by atoms with Crippen molar-refractivity contribution in [1.29, 1.82) is 0 Å². The van der Waals surface area contributed by atoms with Gasteiger partial charge in [0, 0.05) is 36.5 Å². The fraction of sp³-hybridized carbons (Fsp3) is 0.286. The summed E-state index contributed by atoms with van der Waals surface area (Å²) in [6.45, 7) is 4.58. The summed E-state index contributed by atoms with van der Waals surface area (Å²) in [5, 5.41) is 30.0. The van der Waals surface area contributed by atoms with Crippen LogP contribution < -0.4 is 21.7 Å². The first kappa shape index (κ1) is 32.3. The molecule has 0 fully saturated rings. The first-order chi connectivity index (χ1) is 21.2. The van der Waals surface area contributed by atoms with Gasteiger partial charge in [-0.25, -0.2) is 4.98 Å². The summed E-state index contributed by atoms with van der Waals surface area (Å²) in [4.78, 5) is 29.3. The molecule has 1 unspecified atom stereocenters. The highest BCUT2D eigenvalue weighted by molar-refractivity contribution is 5.94. The maximum absolute atomic E-state index is 12.7. The molecule has 0 aliphatic carbocycles. The molecule has 0 radical (unpaired) electrons. The maximum Gasteiger partial charge on any atom is 0.251 e. The Morgan fingerprint density at radius 2 is 1.48 bits per heavy atom. The number of hydrogen-bond acceptors (Lipinski definition) is 7. The molecular weight excluding hydrogens is 554 g/mol. The predicted octanol–water partition coefficient (Wildman–Crippen LogP) is 3.63. The number of anilines is 1. The molecule has 0 saturated heterocycles. The molecule has 7 N–H and O–H groups in total. The SMILES string of the molecule is CC(Cc1ccc(CC(=O)NCc2ccc(C(=O)N[C@@H](C)[C@H](O)c3ccccc3)cc2)cc1)NC[C@H](O)c1ccc(N)nc1. The third kappa shape index (κ3) is 9.74. The van der Waals surface area contributed by atoms with Crippen LogP contribution in [0.4, 0.5) is 5.82 Å². The van der Waals surface area contributed by atoms with Crippen LogP contribution >= 0.6 is 0 Å². The van der Waals surface area contributed by atoms with Gasteiger partial charge in [0.25, 0.3) is 5.91 Å². The van der Waals surface area contributed by atoms with Crippen molar-refractivity contribution in [2.75, 3.05) is 12.3 Å². The highest BCUT2D eigenvalue weighted by atomic mass is 16.3. The lowest BCUT2D eigenvalue weighted by Gasteiger charge is -2.20. The monoisotopic (exact) mass is 595 g/mol. The van der Waals surface area contributed by atoms with Gasteiger partial charge in [0.05, 0.1) is 24.7 Å². The van der Waals surface area contributed by atoms with E-state index in [1.807, 2.05) is 66.7 Å². The van der Waals surface area contributed by atoms with Gasteiger partial charge in [-0.05, 0) is 60.7 Å². The van der Waals surface area contributed by atoms with Crippen LogP contribution in [-0.2, 0) is 24.2 Å². The van der Waals surface area contributed by atoms with Gasteiger partial charge >= 0.3 is 0 Å². The van der Waals surface area contributed by atoms with Crippen molar-refractivity contribution in [3.05, 3.63) is 131 Å². The number of rotatable bonds is 14. The van der Waals surface area contributed by atoms with Gasteiger partial charge in [-0.3, -0.25) is 9.59 Å². The number of pyridine rings is 1. The van der Waals surface area contributed by atoms with Gasteiger partial charge < -0.3 is 31.9 Å². The molecule has 3 aromatic carbocycles. The van der Waals surface area contributed by atoms with Crippen LogP contribution in [0.15, 0.2) is 97.2 Å². The molecule has 0 bridgehead atoms. The largest absolute Gasteiger partial charge is 0.387 e. The number of carbonyl (C=O) groups is 2. The molecule has 9 nitrogen and oxygen atoms in total. The Labute approximate surface area is 258 Å². The number of nitrogen functional groups attached to an aromatic ring is 1. The number of aromatic nitrogens is 1. The van der Waals surface area contributed by atoms with Crippen molar-refractivity contribution in [3.8, 4) is 0 Å². The smallest absolute Gasteiger partial charge is 0.251 e. The molecule has 0 spiro atoms. The number of aliphatic hydroxyl groups is 2. The van der Waals surface area contributed by atoms with E-state index in [0.29, 0.717) is 30.0 Å². The Bertz CT molecular complexity index is 1480. The molecule has 44 heavy (non-hydrogen) atoms. The second-order valence-corrected chi connectivity index (χ2v) is 11.1. The van der Waals surface area contributed by atoms with Crippen LogP contribution in [0.2, 0.25) is 0 Å². The van der Waals surface area contributed by atoms with Crippen molar-refractivity contribution < 1.29 is 19.8 Å². The summed E-state index contributed by atoms with van der Waals surface area (Å²) in [5.74, 6) is 0.0541. The average Bonchev–Trinajstić information content (AvgIpc) is 3.04. The Morgan fingerprint density at radius 3 is 2.14 bits per heavy atom. The van der Waals surface area contributed by atoms with Gasteiger partial charge in [-0.2, -0.15) is 0 Å². The Balaban J connectivity index is 1.17. The number of nitrogens with zero attached hydrogens (tertiary/aromatic N) is 1. The molecule has 4 rings (SSSR count). The van der Waals surface area contributed by atoms with Crippen LogP contribution in [0.25, 0.3) is 0 Å². The zero-order chi connectivity index (χ0) is 31.5. The van der Waals surface area contributed by atoms with E-state index in [9.17, 15) is 19.8 Å². The average molecular weight is 596 g/mol. The topological polar surface area (TPSA) is 150 Å². The fourth-order valence-corrected chi connectivity index (χ4v) is 4.79. The summed E-state index contributed by atoms with van der Waals surface area (Å²) in [6.07, 6.45) is 1.15. The van der Waals surface area contributed by atoms with Crippen molar-refractivity contribution in [3.63, 3.8) is 0 Å². The van der Waals surface area contributed by atoms with Crippen LogP contribution in [-0.4, -0.2) is 45.6 Å². The van der Waals surface area contributed by atoms with Gasteiger partial charge in [0.1, 0.15) is 5.82 Å².